The Bertz CT molecular complexity index is 810. The summed E-state index contributed by atoms with van der Waals surface area (Å²) in [6.45, 7) is 3.99. The average molecular weight is 446 g/mol. The Morgan fingerprint density at radius 3 is 2.66 bits per heavy atom. The van der Waals surface area contributed by atoms with Gasteiger partial charge >= 0.3 is 0 Å². The van der Waals surface area contributed by atoms with Gasteiger partial charge in [0.15, 0.2) is 0 Å². The molecule has 2 fully saturated rings. The van der Waals surface area contributed by atoms with E-state index in [9.17, 15) is 17.6 Å². The number of likely N-dealkylation sites (tertiary alicyclic amines) is 1. The van der Waals surface area contributed by atoms with Gasteiger partial charge in [0, 0.05) is 23.7 Å². The van der Waals surface area contributed by atoms with Gasteiger partial charge in [0.2, 0.25) is 15.9 Å². The van der Waals surface area contributed by atoms with Gasteiger partial charge in [-0.3, -0.25) is 9.69 Å². The SMILES string of the molecule is CCCS(=O)(=O)N1CCCC1C(=O)NCC(c1c(F)cccc1Cl)N1CCCC1. The minimum absolute atomic E-state index is 0.0397. The second kappa shape index (κ2) is 9.73. The highest BCUT2D eigenvalue weighted by atomic mass is 35.5. The lowest BCUT2D eigenvalue weighted by Gasteiger charge is -2.30. The Morgan fingerprint density at radius 1 is 1.28 bits per heavy atom. The number of nitrogens with zero attached hydrogens (tertiary/aromatic N) is 2. The summed E-state index contributed by atoms with van der Waals surface area (Å²) in [7, 11) is -3.44. The topological polar surface area (TPSA) is 69.7 Å². The summed E-state index contributed by atoms with van der Waals surface area (Å²) in [5.41, 5.74) is 0.387. The summed E-state index contributed by atoms with van der Waals surface area (Å²) in [6.07, 6.45) is 3.71. The minimum atomic E-state index is -3.44. The minimum Gasteiger partial charge on any atom is -0.353 e. The number of sulfonamides is 1. The Hall–Kier alpha value is -1.22. The summed E-state index contributed by atoms with van der Waals surface area (Å²) < 4.78 is 40.9. The van der Waals surface area contributed by atoms with E-state index < -0.39 is 21.9 Å². The van der Waals surface area contributed by atoms with Crippen LogP contribution < -0.4 is 5.32 Å². The number of carbonyl (C=O) groups is 1. The van der Waals surface area contributed by atoms with E-state index in [-0.39, 0.29) is 24.2 Å². The van der Waals surface area contributed by atoms with Gasteiger partial charge in [-0.15, -0.1) is 0 Å². The lowest BCUT2D eigenvalue weighted by atomic mass is 10.0. The zero-order valence-electron chi connectivity index (χ0n) is 16.7. The average Bonchev–Trinajstić information content (AvgIpc) is 3.36. The smallest absolute Gasteiger partial charge is 0.238 e. The van der Waals surface area contributed by atoms with E-state index in [1.54, 1.807) is 12.1 Å². The van der Waals surface area contributed by atoms with Crippen LogP contribution in [-0.4, -0.2) is 61.5 Å². The standard InChI is InChI=1S/C20H29ClFN3O3S/c1-2-13-29(27,28)25-12-6-9-17(25)20(26)23-14-18(24-10-3-4-11-24)19-15(21)7-5-8-16(19)22/h5,7-8,17-18H,2-4,6,9-14H2,1H3,(H,23,26). The first kappa shape index (κ1) is 22.5. The van der Waals surface area contributed by atoms with Crippen molar-refractivity contribution in [1.29, 1.82) is 0 Å². The third kappa shape index (κ3) is 5.10. The van der Waals surface area contributed by atoms with Gasteiger partial charge in [-0.2, -0.15) is 4.31 Å². The fourth-order valence-electron chi connectivity index (χ4n) is 4.32. The normalized spacial score (nSPS) is 22.1. The van der Waals surface area contributed by atoms with Crippen LogP contribution in [0.2, 0.25) is 5.02 Å². The van der Waals surface area contributed by atoms with Crippen LogP contribution >= 0.6 is 11.6 Å². The molecule has 2 atom stereocenters. The molecule has 0 spiro atoms. The molecule has 2 unspecified atom stereocenters. The van der Waals surface area contributed by atoms with Crippen LogP contribution in [-0.2, 0) is 14.8 Å². The van der Waals surface area contributed by atoms with Crippen molar-refractivity contribution in [2.45, 2.75) is 51.1 Å². The van der Waals surface area contributed by atoms with E-state index in [4.69, 9.17) is 11.6 Å². The van der Waals surface area contributed by atoms with Crippen LogP contribution in [0.15, 0.2) is 18.2 Å². The van der Waals surface area contributed by atoms with Crippen molar-refractivity contribution in [3.8, 4) is 0 Å². The summed E-state index contributed by atoms with van der Waals surface area (Å²) in [6, 6.07) is 3.53. The molecule has 1 N–H and O–H groups in total. The molecule has 2 saturated heterocycles. The van der Waals surface area contributed by atoms with E-state index in [1.807, 2.05) is 6.92 Å². The van der Waals surface area contributed by atoms with Crippen molar-refractivity contribution in [2.24, 2.45) is 0 Å². The van der Waals surface area contributed by atoms with E-state index in [1.165, 1.54) is 10.4 Å². The second-order valence-corrected chi connectivity index (χ2v) is 10.2. The molecule has 2 heterocycles. The van der Waals surface area contributed by atoms with Crippen LogP contribution in [0.5, 0.6) is 0 Å². The van der Waals surface area contributed by atoms with Gasteiger partial charge < -0.3 is 5.32 Å². The molecule has 0 aromatic heterocycles. The molecule has 1 aromatic carbocycles. The van der Waals surface area contributed by atoms with E-state index in [2.05, 4.69) is 10.2 Å². The number of carbonyl (C=O) groups excluding carboxylic acids is 1. The summed E-state index contributed by atoms with van der Waals surface area (Å²) in [4.78, 5) is 15.0. The molecule has 1 amide bonds. The third-order valence-corrected chi connectivity index (χ3v) is 8.12. The monoisotopic (exact) mass is 445 g/mol. The maximum absolute atomic E-state index is 14.6. The van der Waals surface area contributed by atoms with E-state index >= 15 is 0 Å². The number of hydrogen-bond donors (Lipinski definition) is 1. The Balaban J connectivity index is 1.75. The Kier molecular flexibility index (Phi) is 7.53. The molecular weight excluding hydrogens is 417 g/mol. The van der Waals surface area contributed by atoms with Gasteiger partial charge in [0.1, 0.15) is 11.9 Å². The molecule has 162 valence electrons. The van der Waals surface area contributed by atoms with Gasteiger partial charge in [-0.05, 0) is 57.3 Å². The zero-order valence-corrected chi connectivity index (χ0v) is 18.3. The quantitative estimate of drug-likeness (QED) is 0.668. The molecule has 0 bridgehead atoms. The molecule has 2 aliphatic rings. The van der Waals surface area contributed by atoms with Crippen LogP contribution in [0, 0.1) is 5.82 Å². The van der Waals surface area contributed by atoms with Gasteiger partial charge in [0.25, 0.3) is 0 Å². The largest absolute Gasteiger partial charge is 0.353 e. The van der Waals surface area contributed by atoms with Gasteiger partial charge in [-0.1, -0.05) is 24.6 Å². The maximum Gasteiger partial charge on any atom is 0.238 e. The predicted octanol–water partition coefficient (Wildman–Crippen LogP) is 2.94. The third-order valence-electron chi connectivity index (χ3n) is 5.71. The van der Waals surface area contributed by atoms with Crippen molar-refractivity contribution in [2.75, 3.05) is 31.9 Å². The fraction of sp³-hybridized carbons (Fsp3) is 0.650. The van der Waals surface area contributed by atoms with Crippen molar-refractivity contribution < 1.29 is 17.6 Å². The molecule has 29 heavy (non-hydrogen) atoms. The summed E-state index contributed by atoms with van der Waals surface area (Å²) in [5.74, 6) is -0.673. The number of rotatable bonds is 8. The van der Waals surface area contributed by atoms with Crippen molar-refractivity contribution in [1.82, 2.24) is 14.5 Å². The highest BCUT2D eigenvalue weighted by Crippen LogP contribution is 2.32. The number of hydrogen-bond acceptors (Lipinski definition) is 4. The van der Waals surface area contributed by atoms with Crippen molar-refractivity contribution >= 4 is 27.5 Å². The van der Waals surface area contributed by atoms with Crippen LogP contribution in [0.1, 0.15) is 50.6 Å². The number of nitrogens with one attached hydrogen (secondary N) is 1. The molecular formula is C20H29ClFN3O3S. The lowest BCUT2D eigenvalue weighted by Crippen LogP contribution is -2.48. The molecule has 6 nitrogen and oxygen atoms in total. The number of halogens is 2. The zero-order chi connectivity index (χ0) is 21.0. The lowest BCUT2D eigenvalue weighted by molar-refractivity contribution is -0.124. The van der Waals surface area contributed by atoms with Crippen molar-refractivity contribution in [3.05, 3.63) is 34.6 Å². The highest BCUT2D eigenvalue weighted by molar-refractivity contribution is 7.89. The summed E-state index contributed by atoms with van der Waals surface area (Å²) >= 11 is 6.30. The molecule has 0 radical (unpaired) electrons. The van der Waals surface area contributed by atoms with Crippen LogP contribution in [0.3, 0.4) is 0 Å². The molecule has 9 heteroatoms. The maximum atomic E-state index is 14.6. The molecule has 1 aromatic rings. The first-order valence-corrected chi connectivity index (χ1v) is 12.3. The van der Waals surface area contributed by atoms with Gasteiger partial charge in [0.05, 0.1) is 11.8 Å². The first-order valence-electron chi connectivity index (χ1n) is 10.3. The number of benzene rings is 1. The predicted molar refractivity (Wildman–Crippen MR) is 112 cm³/mol. The Morgan fingerprint density at radius 2 is 2.00 bits per heavy atom. The van der Waals surface area contributed by atoms with Crippen LogP contribution in [0.25, 0.3) is 0 Å². The first-order chi connectivity index (χ1) is 13.8. The second-order valence-electron chi connectivity index (χ2n) is 7.72. The Labute approximate surface area is 177 Å². The van der Waals surface area contributed by atoms with E-state index in [0.29, 0.717) is 36.4 Å². The molecule has 2 aliphatic heterocycles. The fourth-order valence-corrected chi connectivity index (χ4v) is 6.36. The molecule has 3 rings (SSSR count). The van der Waals surface area contributed by atoms with Gasteiger partial charge in [-0.25, -0.2) is 12.8 Å². The molecule has 0 saturated carbocycles. The molecule has 0 aliphatic carbocycles. The van der Waals surface area contributed by atoms with Crippen LogP contribution in [0.4, 0.5) is 4.39 Å². The highest BCUT2D eigenvalue weighted by Gasteiger charge is 2.38. The number of amides is 1. The summed E-state index contributed by atoms with van der Waals surface area (Å²) in [5, 5.41) is 3.22. The van der Waals surface area contributed by atoms with E-state index in [0.717, 1.165) is 25.9 Å². The van der Waals surface area contributed by atoms with Crippen molar-refractivity contribution in [3.63, 3.8) is 0 Å².